The average molecular weight is 339 g/mol. The Morgan fingerprint density at radius 3 is 2.32 bits per heavy atom. The molecule has 0 amide bonds. The zero-order valence-electron chi connectivity index (χ0n) is 15.2. The highest BCUT2D eigenvalue weighted by molar-refractivity contribution is 5.63. The zero-order chi connectivity index (χ0) is 17.3. The van der Waals surface area contributed by atoms with Gasteiger partial charge in [-0.2, -0.15) is 0 Å². The first-order valence-electron chi connectivity index (χ1n) is 9.29. The second-order valence-corrected chi connectivity index (χ2v) is 6.48. The summed E-state index contributed by atoms with van der Waals surface area (Å²) in [6.45, 7) is 6.10. The van der Waals surface area contributed by atoms with Gasteiger partial charge in [-0.15, -0.1) is 0 Å². The van der Waals surface area contributed by atoms with Gasteiger partial charge >= 0.3 is 0 Å². The average Bonchev–Trinajstić information content (AvgIpc) is 3.18. The molecule has 1 aliphatic rings. The van der Waals surface area contributed by atoms with Crippen LogP contribution < -0.4 is 15.0 Å². The molecule has 1 saturated heterocycles. The Morgan fingerprint density at radius 1 is 0.960 bits per heavy atom. The standard InChI is InChI=1S/C21H29N3O/c1-22-13-16-24(19-7-3-2-4-8-19)20-9-11-21(12-10-20)25-18-17-23-14-5-6-15-23/h2-4,7-12,22H,5-6,13-18H2,1H3. The summed E-state index contributed by atoms with van der Waals surface area (Å²) in [5, 5.41) is 3.23. The fraction of sp³-hybridized carbons (Fsp3) is 0.429. The minimum Gasteiger partial charge on any atom is -0.492 e. The van der Waals surface area contributed by atoms with E-state index in [-0.39, 0.29) is 0 Å². The molecular weight excluding hydrogens is 310 g/mol. The number of para-hydroxylation sites is 1. The fourth-order valence-corrected chi connectivity index (χ4v) is 3.26. The van der Waals surface area contributed by atoms with Crippen LogP contribution in [0.1, 0.15) is 12.8 Å². The molecule has 134 valence electrons. The lowest BCUT2D eigenvalue weighted by atomic mass is 10.2. The monoisotopic (exact) mass is 339 g/mol. The fourth-order valence-electron chi connectivity index (χ4n) is 3.26. The van der Waals surface area contributed by atoms with E-state index in [9.17, 15) is 0 Å². The zero-order valence-corrected chi connectivity index (χ0v) is 15.2. The molecule has 1 heterocycles. The molecule has 25 heavy (non-hydrogen) atoms. The van der Waals surface area contributed by atoms with Crippen LogP contribution in [0.25, 0.3) is 0 Å². The van der Waals surface area contributed by atoms with E-state index in [2.05, 4.69) is 69.7 Å². The third kappa shape index (κ3) is 5.21. The number of anilines is 2. The maximum atomic E-state index is 5.92. The van der Waals surface area contributed by atoms with E-state index >= 15 is 0 Å². The van der Waals surface area contributed by atoms with Gasteiger partial charge in [0.05, 0.1) is 0 Å². The van der Waals surface area contributed by atoms with E-state index in [1.165, 1.54) is 37.3 Å². The van der Waals surface area contributed by atoms with Crippen molar-refractivity contribution in [3.05, 3.63) is 54.6 Å². The van der Waals surface area contributed by atoms with Crippen molar-refractivity contribution < 1.29 is 4.74 Å². The minimum absolute atomic E-state index is 0.765. The molecule has 0 saturated carbocycles. The summed E-state index contributed by atoms with van der Waals surface area (Å²) >= 11 is 0. The number of hydrogen-bond acceptors (Lipinski definition) is 4. The van der Waals surface area contributed by atoms with Crippen molar-refractivity contribution in [2.45, 2.75) is 12.8 Å². The van der Waals surface area contributed by atoms with Crippen molar-refractivity contribution in [2.24, 2.45) is 0 Å². The number of hydrogen-bond donors (Lipinski definition) is 1. The van der Waals surface area contributed by atoms with Gasteiger partial charge in [-0.3, -0.25) is 4.90 Å². The Kier molecular flexibility index (Phi) is 6.71. The summed E-state index contributed by atoms with van der Waals surface area (Å²) in [5.74, 6) is 0.949. The molecule has 2 aromatic rings. The largest absolute Gasteiger partial charge is 0.492 e. The Hall–Kier alpha value is -2.04. The maximum Gasteiger partial charge on any atom is 0.119 e. The molecular formula is C21H29N3O. The molecule has 1 N–H and O–H groups in total. The van der Waals surface area contributed by atoms with Gasteiger partial charge in [-0.05, 0) is 69.4 Å². The lowest BCUT2D eigenvalue weighted by Gasteiger charge is -2.25. The van der Waals surface area contributed by atoms with E-state index in [0.717, 1.165) is 32.0 Å². The molecule has 0 aliphatic carbocycles. The summed E-state index contributed by atoms with van der Waals surface area (Å²) in [6, 6.07) is 19.0. The first-order chi connectivity index (χ1) is 12.4. The minimum atomic E-state index is 0.765. The van der Waals surface area contributed by atoms with Crippen molar-refractivity contribution in [1.29, 1.82) is 0 Å². The molecule has 1 aliphatic heterocycles. The number of rotatable bonds is 9. The topological polar surface area (TPSA) is 27.7 Å². The second kappa shape index (κ2) is 9.44. The molecule has 1 fully saturated rings. The Balaban J connectivity index is 1.60. The summed E-state index contributed by atoms with van der Waals surface area (Å²) in [6.07, 6.45) is 2.66. The van der Waals surface area contributed by atoms with Gasteiger partial charge in [-0.25, -0.2) is 0 Å². The highest BCUT2D eigenvalue weighted by atomic mass is 16.5. The van der Waals surface area contributed by atoms with Gasteiger partial charge in [-0.1, -0.05) is 18.2 Å². The van der Waals surface area contributed by atoms with Gasteiger partial charge in [0.15, 0.2) is 0 Å². The smallest absolute Gasteiger partial charge is 0.119 e. The predicted octanol–water partition coefficient (Wildman–Crippen LogP) is 3.52. The number of nitrogens with zero attached hydrogens (tertiary/aromatic N) is 2. The second-order valence-electron chi connectivity index (χ2n) is 6.48. The predicted molar refractivity (Wildman–Crippen MR) is 105 cm³/mol. The molecule has 0 aromatic heterocycles. The van der Waals surface area contributed by atoms with Gasteiger partial charge in [0.25, 0.3) is 0 Å². The number of likely N-dealkylation sites (N-methyl/N-ethyl adjacent to an activating group) is 1. The van der Waals surface area contributed by atoms with Gasteiger partial charge < -0.3 is 15.0 Å². The highest BCUT2D eigenvalue weighted by Crippen LogP contribution is 2.26. The van der Waals surface area contributed by atoms with Crippen LogP contribution in [-0.4, -0.2) is 51.3 Å². The van der Waals surface area contributed by atoms with Crippen LogP contribution in [0.3, 0.4) is 0 Å². The van der Waals surface area contributed by atoms with E-state index in [4.69, 9.17) is 4.74 Å². The normalized spacial score (nSPS) is 14.6. The maximum absolute atomic E-state index is 5.92. The van der Waals surface area contributed by atoms with Crippen LogP contribution in [0.5, 0.6) is 5.75 Å². The van der Waals surface area contributed by atoms with Crippen LogP contribution in [0.15, 0.2) is 54.6 Å². The summed E-state index contributed by atoms with van der Waals surface area (Å²) in [7, 11) is 1.99. The summed E-state index contributed by atoms with van der Waals surface area (Å²) in [5.41, 5.74) is 2.40. The van der Waals surface area contributed by atoms with Crippen molar-refractivity contribution >= 4 is 11.4 Å². The summed E-state index contributed by atoms with van der Waals surface area (Å²) < 4.78 is 5.92. The summed E-state index contributed by atoms with van der Waals surface area (Å²) in [4.78, 5) is 4.80. The first kappa shape index (κ1) is 17.8. The van der Waals surface area contributed by atoms with E-state index < -0.39 is 0 Å². The molecule has 2 aromatic carbocycles. The van der Waals surface area contributed by atoms with Crippen molar-refractivity contribution in [2.75, 3.05) is 51.3 Å². The van der Waals surface area contributed by atoms with Gasteiger partial charge in [0.1, 0.15) is 12.4 Å². The Bertz CT molecular complexity index is 609. The van der Waals surface area contributed by atoms with Crippen LogP contribution >= 0.6 is 0 Å². The Morgan fingerprint density at radius 2 is 1.64 bits per heavy atom. The molecule has 4 heteroatoms. The number of ether oxygens (including phenoxy) is 1. The SMILES string of the molecule is CNCCN(c1ccccc1)c1ccc(OCCN2CCCC2)cc1. The van der Waals surface area contributed by atoms with Crippen LogP contribution in [0, 0.1) is 0 Å². The Labute approximate surface area is 151 Å². The van der Waals surface area contributed by atoms with Crippen molar-refractivity contribution in [3.63, 3.8) is 0 Å². The van der Waals surface area contributed by atoms with Crippen molar-refractivity contribution in [1.82, 2.24) is 10.2 Å². The van der Waals surface area contributed by atoms with E-state index in [0.29, 0.717) is 0 Å². The molecule has 0 spiro atoms. The third-order valence-corrected chi connectivity index (χ3v) is 4.68. The molecule has 4 nitrogen and oxygen atoms in total. The van der Waals surface area contributed by atoms with Crippen LogP contribution in [0.4, 0.5) is 11.4 Å². The first-order valence-corrected chi connectivity index (χ1v) is 9.29. The van der Waals surface area contributed by atoms with Crippen LogP contribution in [0.2, 0.25) is 0 Å². The van der Waals surface area contributed by atoms with E-state index in [1.54, 1.807) is 0 Å². The molecule has 3 rings (SSSR count). The van der Waals surface area contributed by atoms with E-state index in [1.807, 2.05) is 7.05 Å². The van der Waals surface area contributed by atoms with Gasteiger partial charge in [0.2, 0.25) is 0 Å². The molecule has 0 unspecified atom stereocenters. The molecule has 0 atom stereocenters. The van der Waals surface area contributed by atoms with Crippen molar-refractivity contribution in [3.8, 4) is 5.75 Å². The quantitative estimate of drug-likeness (QED) is 0.756. The van der Waals surface area contributed by atoms with Crippen LogP contribution in [-0.2, 0) is 0 Å². The number of nitrogens with one attached hydrogen (secondary N) is 1. The molecule has 0 bridgehead atoms. The lowest BCUT2D eigenvalue weighted by Crippen LogP contribution is -2.26. The third-order valence-electron chi connectivity index (χ3n) is 4.68. The highest BCUT2D eigenvalue weighted by Gasteiger charge is 2.11. The van der Waals surface area contributed by atoms with Gasteiger partial charge in [0, 0.05) is 31.0 Å². The molecule has 0 radical (unpaired) electrons. The number of benzene rings is 2. The number of likely N-dealkylation sites (tertiary alicyclic amines) is 1. The lowest BCUT2D eigenvalue weighted by molar-refractivity contribution is 0.238.